The standard InChI is InChI=1S/C6H10O5.C6H8O5.2C4H9.CH4.I3.Sn/c2*7-3-2-1-10-6(11-2)5(9)4(3)8;2*1-3-4-2;;1-3-2;/h2-9H,1H2;2-6,8H,1H2;2*1,3-4H2,2H3;1H4;;/q;-2;;;;-1;+2/t2*2-,3?,4+,5?,6-;;;;;/m11...../s1. The first-order chi connectivity index (χ1) is 16.3. The van der Waals surface area contributed by atoms with Crippen LogP contribution in [0.5, 0.6) is 0 Å². The second-order valence-corrected chi connectivity index (χ2v) is 34.7. The second kappa shape index (κ2) is 16.1. The van der Waals surface area contributed by atoms with Crippen LogP contribution in [0.1, 0.15) is 47.0 Å². The van der Waals surface area contributed by atoms with E-state index < -0.39 is 56.0 Å². The summed E-state index contributed by atoms with van der Waals surface area (Å²) in [6.45, 7) is 5.16. The van der Waals surface area contributed by atoms with E-state index in [1.54, 1.807) is 0 Å². The van der Waals surface area contributed by atoms with Gasteiger partial charge in [-0.2, -0.15) is 0 Å². The Bertz CT molecular complexity index is 576. The van der Waals surface area contributed by atoms with Crippen LogP contribution in [0.2, 0.25) is 8.87 Å². The zero-order chi connectivity index (χ0) is 24.9. The van der Waals surface area contributed by atoms with Crippen molar-refractivity contribution in [1.29, 1.82) is 0 Å². The third-order valence-electron chi connectivity index (χ3n) is 6.66. The third kappa shape index (κ3) is 8.31. The molecule has 35 heavy (non-hydrogen) atoms. The molecule has 4 N–H and O–H groups in total. The van der Waals surface area contributed by atoms with Crippen molar-refractivity contribution in [3.8, 4) is 0 Å². The number of unbranched alkanes of at least 4 members (excludes halogenated alkanes) is 2. The predicted octanol–water partition coefficient (Wildman–Crippen LogP) is -0.835. The number of ether oxygens (including phenoxy) is 4. The smallest absolute Gasteiger partial charge is 0.186 e. The van der Waals surface area contributed by atoms with Crippen LogP contribution in [-0.4, -0.2) is 114 Å². The van der Waals surface area contributed by atoms with Gasteiger partial charge >= 0.3 is 176 Å². The van der Waals surface area contributed by atoms with Crippen LogP contribution in [0.3, 0.4) is 0 Å². The van der Waals surface area contributed by atoms with E-state index in [0.29, 0.717) is 19.9 Å². The van der Waals surface area contributed by atoms with E-state index in [4.69, 9.17) is 30.2 Å². The normalized spacial score (nSPS) is 42.3. The number of aliphatic hydroxyl groups excluding tert-OH is 4. The van der Waals surface area contributed by atoms with Crippen LogP contribution in [0.15, 0.2) is 0 Å². The molecule has 0 aromatic rings. The topological polar surface area (TPSA) is 136 Å². The summed E-state index contributed by atoms with van der Waals surface area (Å²) in [5.74, 6) is 0. The number of hydrogen-bond acceptors (Lipinski definition) is 10. The fourth-order valence-electron chi connectivity index (χ4n) is 4.78. The first kappa shape index (κ1) is 33.8. The van der Waals surface area contributed by atoms with Crippen molar-refractivity contribution < 1.29 is 58.8 Å². The average molecular weight is 952 g/mol. The van der Waals surface area contributed by atoms with Crippen LogP contribution in [0.4, 0.5) is 0 Å². The molecule has 5 aliphatic heterocycles. The van der Waals surface area contributed by atoms with E-state index >= 15 is 0 Å². The number of fused-ring (bicyclic) bond motifs is 8. The van der Waals surface area contributed by atoms with E-state index in [-0.39, 0.29) is 38.6 Å². The summed E-state index contributed by atoms with van der Waals surface area (Å²) in [5, 5.41) is 37.9. The molecular formula is C21H40I3O10Sn-. The van der Waals surface area contributed by atoms with E-state index in [0.717, 1.165) is 34.6 Å². The average Bonchev–Trinajstić information content (AvgIpc) is 3.48. The van der Waals surface area contributed by atoms with Gasteiger partial charge in [0.05, 0.1) is 6.61 Å². The molecule has 10 nitrogen and oxygen atoms in total. The van der Waals surface area contributed by atoms with Crippen molar-refractivity contribution in [2.24, 2.45) is 0 Å². The first-order valence-electron chi connectivity index (χ1n) is 11.8. The van der Waals surface area contributed by atoms with Gasteiger partial charge in [0.2, 0.25) is 0 Å². The molecule has 0 aliphatic carbocycles. The number of rotatable bonds is 6. The van der Waals surface area contributed by atoms with Gasteiger partial charge in [-0.1, -0.05) is 7.43 Å². The van der Waals surface area contributed by atoms with Crippen molar-refractivity contribution in [1.82, 2.24) is 0 Å². The van der Waals surface area contributed by atoms with Gasteiger partial charge in [0.15, 0.2) is 6.29 Å². The van der Waals surface area contributed by atoms with Gasteiger partial charge < -0.3 is 24.8 Å². The first-order valence-corrected chi connectivity index (χ1v) is 30.7. The van der Waals surface area contributed by atoms with Gasteiger partial charge in [0.25, 0.3) is 0 Å². The molecule has 10 atom stereocenters. The molecule has 5 aliphatic rings. The maximum absolute atomic E-state index is 10.4. The third-order valence-corrected chi connectivity index (χ3v) is 17.0. The monoisotopic (exact) mass is 953 g/mol. The van der Waals surface area contributed by atoms with Crippen LogP contribution in [0, 0.1) is 0 Å². The summed E-state index contributed by atoms with van der Waals surface area (Å²) < 4.78 is 36.3. The number of aliphatic hydroxyl groups is 4. The van der Waals surface area contributed by atoms with Crippen LogP contribution in [-0.2, 0) is 25.1 Å². The van der Waals surface area contributed by atoms with Crippen molar-refractivity contribution in [2.45, 2.75) is 117 Å². The molecule has 0 spiro atoms. The molecule has 5 saturated heterocycles. The molecule has 210 valence electrons. The van der Waals surface area contributed by atoms with Crippen LogP contribution >= 0.6 is 37.2 Å². The van der Waals surface area contributed by atoms with Gasteiger partial charge in [-0.25, -0.2) is 0 Å². The van der Waals surface area contributed by atoms with E-state index in [2.05, 4.69) is 51.1 Å². The molecule has 0 aromatic carbocycles. The minimum Gasteiger partial charge on any atom is -0.387 e. The Morgan fingerprint density at radius 2 is 1.26 bits per heavy atom. The van der Waals surface area contributed by atoms with Gasteiger partial charge in [-0.05, 0) is 0 Å². The van der Waals surface area contributed by atoms with E-state index in [1.165, 1.54) is 0 Å². The van der Waals surface area contributed by atoms with Crippen molar-refractivity contribution in [3.05, 3.63) is 0 Å². The largest absolute Gasteiger partial charge is 0.387 e. The molecule has 0 saturated carbocycles. The Morgan fingerprint density at radius 1 is 0.743 bits per heavy atom. The van der Waals surface area contributed by atoms with Gasteiger partial charge in [0.1, 0.15) is 24.4 Å². The molecule has 0 aromatic heterocycles. The Labute approximate surface area is 243 Å². The van der Waals surface area contributed by atoms with Gasteiger partial charge in [0, 0.05) is 0 Å². The molecular weight excluding hydrogens is 912 g/mol. The molecule has 6 bridgehead atoms. The van der Waals surface area contributed by atoms with Crippen molar-refractivity contribution in [2.75, 3.05) is 13.2 Å². The van der Waals surface area contributed by atoms with Crippen LogP contribution in [0.25, 0.3) is 0 Å². The Balaban J connectivity index is 0.000000243. The molecule has 4 unspecified atom stereocenters. The maximum Gasteiger partial charge on any atom is 0.186 e. The van der Waals surface area contributed by atoms with Gasteiger partial charge in [-0.15, -0.1) is 0 Å². The molecule has 5 rings (SSSR count). The maximum atomic E-state index is 10.4. The summed E-state index contributed by atoms with van der Waals surface area (Å²) in [7, 11) is 0. The minimum absolute atomic E-state index is 0. The van der Waals surface area contributed by atoms with Crippen LogP contribution < -0.4 is 13.3 Å². The molecule has 5 fully saturated rings. The summed E-state index contributed by atoms with van der Waals surface area (Å²) >= 11 is 2.22. The summed E-state index contributed by atoms with van der Waals surface area (Å²) in [6.07, 6.45) is -1.55. The summed E-state index contributed by atoms with van der Waals surface area (Å²) in [6, 6.07) is 0. The summed E-state index contributed by atoms with van der Waals surface area (Å²) in [5.41, 5.74) is 0. The van der Waals surface area contributed by atoms with Crippen molar-refractivity contribution in [3.63, 3.8) is 0 Å². The zero-order valence-corrected chi connectivity index (χ0v) is 28.6. The fraction of sp³-hybridized carbons (Fsp3) is 1.00. The second-order valence-electron chi connectivity index (χ2n) is 9.05. The molecule has 0 amide bonds. The molecule has 5 heterocycles. The van der Waals surface area contributed by atoms with E-state index in [9.17, 15) is 15.3 Å². The fourth-order valence-corrected chi connectivity index (χ4v) is 16.5. The Kier molecular flexibility index (Phi) is 15.6. The molecule has 0 radical (unpaired) electrons. The minimum atomic E-state index is -3.08. The molecule has 14 heteroatoms. The number of halogens is 3. The number of hydrogen-bond donors (Lipinski definition) is 4. The quantitative estimate of drug-likeness (QED) is 0.198. The Morgan fingerprint density at radius 3 is 1.86 bits per heavy atom. The van der Waals surface area contributed by atoms with E-state index in [1.807, 2.05) is 0 Å². The van der Waals surface area contributed by atoms with Gasteiger partial charge in [-0.3, -0.25) is 0 Å². The summed E-state index contributed by atoms with van der Waals surface area (Å²) in [4.78, 5) is 0. The SMILES string of the molecule is C.CCC[CH2][Sn]1([CH2]CCC)[O]C2[C@@H]3OC[C@@H](O3)C([O]1)[C@@H]2O.I[I-]I.OC1[C@@H]2OC[C@@H](O2)C(O)[C@@H]1O. The van der Waals surface area contributed by atoms with Crippen molar-refractivity contribution >= 4 is 56.4 Å². The predicted molar refractivity (Wildman–Crippen MR) is 143 cm³/mol. The Hall–Kier alpha value is 2.59. The zero-order valence-electron chi connectivity index (χ0n) is 19.3.